The van der Waals surface area contributed by atoms with E-state index in [4.69, 9.17) is 23.2 Å². The van der Waals surface area contributed by atoms with Gasteiger partial charge in [0.15, 0.2) is 0 Å². The van der Waals surface area contributed by atoms with E-state index in [1.165, 1.54) is 17.7 Å². The second-order valence-electron chi connectivity index (χ2n) is 4.18. The van der Waals surface area contributed by atoms with Crippen molar-refractivity contribution < 1.29 is 4.39 Å². The lowest BCUT2D eigenvalue weighted by Gasteiger charge is -2.11. The molecule has 0 fully saturated rings. The molecule has 2 aromatic carbocycles. The van der Waals surface area contributed by atoms with E-state index < -0.39 is 5.82 Å². The lowest BCUT2D eigenvalue weighted by atomic mass is 10.1. The fraction of sp³-hybridized carbons (Fsp3) is 0.143. The Morgan fingerprint density at radius 3 is 2.37 bits per heavy atom. The number of aryl methyl sites for hydroxylation is 1. The maximum atomic E-state index is 13.1. The van der Waals surface area contributed by atoms with E-state index in [2.05, 4.69) is 21.2 Å². The van der Waals surface area contributed by atoms with Gasteiger partial charge in [0.05, 0.1) is 15.7 Å². The Hall–Kier alpha value is -0.770. The Morgan fingerprint density at radius 2 is 1.79 bits per heavy atom. The van der Waals surface area contributed by atoms with Gasteiger partial charge in [-0.25, -0.2) is 4.39 Å². The molecule has 0 atom stereocenters. The monoisotopic (exact) mass is 361 g/mol. The van der Waals surface area contributed by atoms with Crippen LogP contribution in [0.15, 0.2) is 34.8 Å². The summed E-state index contributed by atoms with van der Waals surface area (Å²) >= 11 is 15.4. The van der Waals surface area contributed by atoms with E-state index in [0.29, 0.717) is 12.2 Å². The second-order valence-corrected chi connectivity index (χ2v) is 5.85. The summed E-state index contributed by atoms with van der Waals surface area (Å²) in [4.78, 5) is 0. The molecule has 2 aromatic rings. The van der Waals surface area contributed by atoms with E-state index in [-0.39, 0.29) is 10.0 Å². The van der Waals surface area contributed by atoms with Crippen LogP contribution in [0.4, 0.5) is 10.1 Å². The minimum Gasteiger partial charge on any atom is -0.379 e. The zero-order valence-corrected chi connectivity index (χ0v) is 13.2. The van der Waals surface area contributed by atoms with E-state index in [1.807, 2.05) is 25.1 Å². The molecule has 19 heavy (non-hydrogen) atoms. The smallest absolute Gasteiger partial charge is 0.126 e. The third-order valence-electron chi connectivity index (χ3n) is 2.71. The lowest BCUT2D eigenvalue weighted by molar-refractivity contribution is 0.628. The van der Waals surface area contributed by atoms with Gasteiger partial charge in [-0.15, -0.1) is 0 Å². The summed E-state index contributed by atoms with van der Waals surface area (Å²) in [6, 6.07) is 8.53. The van der Waals surface area contributed by atoms with Crippen molar-refractivity contribution in [2.75, 3.05) is 5.32 Å². The van der Waals surface area contributed by atoms with Crippen LogP contribution in [-0.2, 0) is 6.54 Å². The van der Waals surface area contributed by atoms with Gasteiger partial charge in [-0.2, -0.15) is 0 Å². The predicted octanol–water partition coefficient (Wildman–Crippen LogP) is 5.82. The van der Waals surface area contributed by atoms with Crippen LogP contribution in [0.5, 0.6) is 0 Å². The van der Waals surface area contributed by atoms with Crippen molar-refractivity contribution in [3.05, 3.63) is 61.8 Å². The Kier molecular flexibility index (Phi) is 4.71. The molecule has 0 amide bonds. The number of halogens is 4. The summed E-state index contributed by atoms with van der Waals surface area (Å²) in [6.45, 7) is 2.58. The average Bonchev–Trinajstić information content (AvgIpc) is 2.32. The molecule has 0 aliphatic heterocycles. The molecule has 0 bridgehead atoms. The van der Waals surface area contributed by atoms with Crippen LogP contribution in [0.1, 0.15) is 11.1 Å². The molecule has 5 heteroatoms. The van der Waals surface area contributed by atoms with E-state index in [1.54, 1.807) is 0 Å². The van der Waals surface area contributed by atoms with Crippen molar-refractivity contribution in [2.45, 2.75) is 13.5 Å². The van der Waals surface area contributed by atoms with Crippen molar-refractivity contribution in [2.24, 2.45) is 0 Å². The molecule has 0 saturated heterocycles. The molecule has 0 aliphatic rings. The SMILES string of the molecule is Cc1ccc(CNc2c(Cl)cc(F)cc2Cl)cc1Br. The number of benzene rings is 2. The van der Waals surface area contributed by atoms with Gasteiger partial charge in [-0.1, -0.05) is 51.3 Å². The molecule has 1 nitrogen and oxygen atoms in total. The van der Waals surface area contributed by atoms with Crippen molar-refractivity contribution in [3.8, 4) is 0 Å². The third kappa shape index (κ3) is 3.62. The number of nitrogens with one attached hydrogen (secondary N) is 1. The van der Waals surface area contributed by atoms with Crippen molar-refractivity contribution in [1.82, 2.24) is 0 Å². The van der Waals surface area contributed by atoms with Gasteiger partial charge in [-0.05, 0) is 36.2 Å². The molecular formula is C14H11BrCl2FN. The maximum absolute atomic E-state index is 13.1. The van der Waals surface area contributed by atoms with Crippen LogP contribution in [0.3, 0.4) is 0 Å². The summed E-state index contributed by atoms with van der Waals surface area (Å²) in [5, 5.41) is 3.67. The highest BCUT2D eigenvalue weighted by molar-refractivity contribution is 9.10. The lowest BCUT2D eigenvalue weighted by Crippen LogP contribution is -2.01. The first-order chi connectivity index (χ1) is 8.97. The van der Waals surface area contributed by atoms with Crippen LogP contribution < -0.4 is 5.32 Å². The zero-order valence-electron chi connectivity index (χ0n) is 10.1. The second kappa shape index (κ2) is 6.12. The van der Waals surface area contributed by atoms with Crippen molar-refractivity contribution in [1.29, 1.82) is 0 Å². The summed E-state index contributed by atoms with van der Waals surface area (Å²) in [6.07, 6.45) is 0. The Labute approximate surface area is 129 Å². The van der Waals surface area contributed by atoms with Crippen LogP contribution in [-0.4, -0.2) is 0 Å². The molecule has 2 rings (SSSR count). The van der Waals surface area contributed by atoms with Gasteiger partial charge in [0.1, 0.15) is 5.82 Å². The number of hydrogen-bond acceptors (Lipinski definition) is 1. The highest BCUT2D eigenvalue weighted by atomic mass is 79.9. The highest BCUT2D eigenvalue weighted by Gasteiger charge is 2.08. The van der Waals surface area contributed by atoms with E-state index in [0.717, 1.165) is 10.0 Å². The Balaban J connectivity index is 2.16. The Morgan fingerprint density at radius 1 is 1.16 bits per heavy atom. The summed E-state index contributed by atoms with van der Waals surface area (Å²) in [5.74, 6) is -0.446. The van der Waals surface area contributed by atoms with Gasteiger partial charge in [-0.3, -0.25) is 0 Å². The van der Waals surface area contributed by atoms with Crippen molar-refractivity contribution in [3.63, 3.8) is 0 Å². The van der Waals surface area contributed by atoms with Crippen molar-refractivity contribution >= 4 is 44.8 Å². The van der Waals surface area contributed by atoms with Gasteiger partial charge >= 0.3 is 0 Å². The van der Waals surface area contributed by atoms with E-state index >= 15 is 0 Å². The van der Waals surface area contributed by atoms with E-state index in [9.17, 15) is 4.39 Å². The fourth-order valence-corrected chi connectivity index (χ4v) is 2.67. The van der Waals surface area contributed by atoms with Crippen LogP contribution in [0, 0.1) is 12.7 Å². The van der Waals surface area contributed by atoms with Gasteiger partial charge in [0, 0.05) is 11.0 Å². The molecule has 1 N–H and O–H groups in total. The molecule has 0 spiro atoms. The van der Waals surface area contributed by atoms with Crippen LogP contribution in [0.25, 0.3) is 0 Å². The summed E-state index contributed by atoms with van der Waals surface area (Å²) < 4.78 is 14.1. The highest BCUT2D eigenvalue weighted by Crippen LogP contribution is 2.31. The fourth-order valence-electron chi connectivity index (χ4n) is 1.65. The molecule has 0 aliphatic carbocycles. The number of anilines is 1. The third-order valence-corrected chi connectivity index (χ3v) is 4.16. The zero-order chi connectivity index (χ0) is 14.0. The van der Waals surface area contributed by atoms with Gasteiger partial charge in [0.25, 0.3) is 0 Å². The molecular weight excluding hydrogens is 352 g/mol. The number of rotatable bonds is 3. The topological polar surface area (TPSA) is 12.0 Å². The predicted molar refractivity (Wildman–Crippen MR) is 82.6 cm³/mol. The summed E-state index contributed by atoms with van der Waals surface area (Å²) in [5.41, 5.74) is 2.79. The van der Waals surface area contributed by atoms with Gasteiger partial charge in [0.2, 0.25) is 0 Å². The quantitative estimate of drug-likeness (QED) is 0.725. The summed E-state index contributed by atoms with van der Waals surface area (Å²) in [7, 11) is 0. The number of hydrogen-bond donors (Lipinski definition) is 1. The van der Waals surface area contributed by atoms with Gasteiger partial charge < -0.3 is 5.32 Å². The molecule has 0 aromatic heterocycles. The molecule has 0 heterocycles. The molecule has 0 radical (unpaired) electrons. The molecule has 0 unspecified atom stereocenters. The minimum absolute atomic E-state index is 0.274. The van der Waals surface area contributed by atoms with Crippen LogP contribution >= 0.6 is 39.1 Å². The first kappa shape index (κ1) is 14.6. The first-order valence-corrected chi connectivity index (χ1v) is 7.15. The normalized spacial score (nSPS) is 10.6. The van der Waals surface area contributed by atoms with Crippen LogP contribution in [0.2, 0.25) is 10.0 Å². The standard InChI is InChI=1S/C14H11BrCl2FN/c1-8-2-3-9(4-11(8)15)7-19-14-12(16)5-10(18)6-13(14)17/h2-6,19H,7H2,1H3. The largest absolute Gasteiger partial charge is 0.379 e. The average molecular weight is 363 g/mol. The molecule has 100 valence electrons. The maximum Gasteiger partial charge on any atom is 0.126 e. The Bertz CT molecular complexity index is 593. The minimum atomic E-state index is -0.446. The first-order valence-electron chi connectivity index (χ1n) is 5.61. The molecule has 0 saturated carbocycles.